The molecule has 0 unspecified atom stereocenters. The zero-order valence-corrected chi connectivity index (χ0v) is 16.6. The first-order valence-electron chi connectivity index (χ1n) is 9.43. The van der Waals surface area contributed by atoms with Crippen molar-refractivity contribution in [3.63, 3.8) is 0 Å². The molecule has 1 aromatic rings. The Morgan fingerprint density at radius 2 is 2.00 bits per heavy atom. The Bertz CT molecular complexity index is 677. The van der Waals surface area contributed by atoms with Crippen molar-refractivity contribution in [1.29, 1.82) is 0 Å². The lowest BCUT2D eigenvalue weighted by Crippen LogP contribution is -2.39. The lowest BCUT2D eigenvalue weighted by molar-refractivity contribution is -0.0384. The van der Waals surface area contributed by atoms with Gasteiger partial charge in [-0.1, -0.05) is 19.3 Å². The van der Waals surface area contributed by atoms with Crippen LogP contribution in [0.4, 0.5) is 9.80 Å². The van der Waals surface area contributed by atoms with E-state index in [1.807, 2.05) is 13.8 Å². The molecule has 1 aliphatic heterocycles. The van der Waals surface area contributed by atoms with Gasteiger partial charge in [-0.15, -0.1) is 11.3 Å². The topological polar surface area (TPSA) is 76.7 Å². The van der Waals surface area contributed by atoms with Gasteiger partial charge in [-0.05, 0) is 39.2 Å². The van der Waals surface area contributed by atoms with Crippen LogP contribution in [0.3, 0.4) is 0 Å². The van der Waals surface area contributed by atoms with Crippen LogP contribution < -0.4 is 10.6 Å². The summed E-state index contributed by atoms with van der Waals surface area (Å²) < 4.78 is 11.1. The number of carbonyl (C=O) groups excluding carboxylic acids is 2. The van der Waals surface area contributed by atoms with E-state index >= 15 is 0 Å². The fourth-order valence-electron chi connectivity index (χ4n) is 3.63. The summed E-state index contributed by atoms with van der Waals surface area (Å²) in [6.45, 7) is 6.55. The second-order valence-corrected chi connectivity index (χ2v) is 8.69. The molecule has 1 aliphatic carbocycles. The van der Waals surface area contributed by atoms with E-state index in [1.165, 1.54) is 17.8 Å². The first-order chi connectivity index (χ1) is 12.4. The highest BCUT2D eigenvalue weighted by Crippen LogP contribution is 2.40. The van der Waals surface area contributed by atoms with Gasteiger partial charge in [0, 0.05) is 17.3 Å². The minimum Gasteiger partial charge on any atom is -0.462 e. The van der Waals surface area contributed by atoms with E-state index in [-0.39, 0.29) is 23.6 Å². The van der Waals surface area contributed by atoms with Crippen LogP contribution in [-0.4, -0.2) is 30.3 Å². The maximum atomic E-state index is 12.6. The Morgan fingerprint density at radius 1 is 1.27 bits per heavy atom. The lowest BCUT2D eigenvalue weighted by Gasteiger charge is -2.30. The summed E-state index contributed by atoms with van der Waals surface area (Å²) in [5, 5.41) is 6.49. The fourth-order valence-corrected chi connectivity index (χ4v) is 4.75. The van der Waals surface area contributed by atoms with Crippen molar-refractivity contribution in [3.05, 3.63) is 16.0 Å². The van der Waals surface area contributed by atoms with E-state index < -0.39 is 0 Å². The van der Waals surface area contributed by atoms with Gasteiger partial charge in [0.15, 0.2) is 0 Å². The molecule has 6 nitrogen and oxygen atoms in total. The number of anilines is 1. The molecule has 0 atom stereocenters. The summed E-state index contributed by atoms with van der Waals surface area (Å²) in [6, 6.07) is -0.0344. The molecule has 1 aromatic heterocycles. The van der Waals surface area contributed by atoms with Gasteiger partial charge in [-0.2, -0.15) is 0 Å². The van der Waals surface area contributed by atoms with Crippen LogP contribution in [0.5, 0.6) is 0 Å². The molecule has 0 aromatic carbocycles. The molecular weight excluding hydrogens is 352 g/mol. The molecule has 0 saturated heterocycles. The number of rotatable bonds is 4. The summed E-state index contributed by atoms with van der Waals surface area (Å²) >= 11 is 1.41. The third kappa shape index (κ3) is 4.38. The monoisotopic (exact) mass is 380 g/mol. The van der Waals surface area contributed by atoms with Gasteiger partial charge in [-0.3, -0.25) is 5.32 Å². The normalized spacial score (nSPS) is 19.5. The molecule has 2 N–H and O–H groups in total. The van der Waals surface area contributed by atoms with Crippen molar-refractivity contribution in [2.75, 3.05) is 11.9 Å². The summed E-state index contributed by atoms with van der Waals surface area (Å²) in [4.78, 5) is 26.0. The molecule has 0 bridgehead atoms. The number of carbonyl (C=O) groups is 2. The minimum absolute atomic E-state index is 0.214. The van der Waals surface area contributed by atoms with E-state index in [9.17, 15) is 9.59 Å². The number of ether oxygens (including phenoxy) is 2. The van der Waals surface area contributed by atoms with Gasteiger partial charge in [0.25, 0.3) is 0 Å². The second-order valence-electron chi connectivity index (χ2n) is 7.59. The van der Waals surface area contributed by atoms with Gasteiger partial charge in [0.05, 0.1) is 24.4 Å². The SMILES string of the molecule is CCOC(=O)c1c(NC(=O)NC2CCCCC2)sc2c1CC(C)(C)OC2. The molecule has 144 valence electrons. The fraction of sp³-hybridized carbons (Fsp3) is 0.684. The highest BCUT2D eigenvalue weighted by molar-refractivity contribution is 7.17. The van der Waals surface area contributed by atoms with Crippen LogP contribution in [0.2, 0.25) is 0 Å². The van der Waals surface area contributed by atoms with Crippen LogP contribution in [0.15, 0.2) is 0 Å². The Hall–Kier alpha value is -1.60. The number of nitrogens with one attached hydrogen (secondary N) is 2. The van der Waals surface area contributed by atoms with E-state index in [0.717, 1.165) is 36.1 Å². The van der Waals surface area contributed by atoms with Crippen LogP contribution >= 0.6 is 11.3 Å². The number of fused-ring (bicyclic) bond motifs is 1. The number of hydrogen-bond acceptors (Lipinski definition) is 5. The Balaban J connectivity index is 1.80. The van der Waals surface area contributed by atoms with Gasteiger partial charge >= 0.3 is 12.0 Å². The molecule has 1 saturated carbocycles. The number of esters is 1. The van der Waals surface area contributed by atoms with Crippen molar-refractivity contribution in [3.8, 4) is 0 Å². The average molecular weight is 381 g/mol. The van der Waals surface area contributed by atoms with Crippen LogP contribution in [0.25, 0.3) is 0 Å². The van der Waals surface area contributed by atoms with Crippen molar-refractivity contribution in [2.24, 2.45) is 0 Å². The third-order valence-electron chi connectivity index (χ3n) is 4.93. The van der Waals surface area contributed by atoms with Crippen molar-refractivity contribution in [2.45, 2.75) is 77.5 Å². The number of thiophene rings is 1. The maximum absolute atomic E-state index is 12.6. The molecule has 2 aliphatic rings. The molecule has 0 spiro atoms. The van der Waals surface area contributed by atoms with Crippen LogP contribution in [-0.2, 0) is 22.5 Å². The number of urea groups is 1. The van der Waals surface area contributed by atoms with E-state index in [0.29, 0.717) is 30.2 Å². The highest BCUT2D eigenvalue weighted by Gasteiger charge is 2.34. The summed E-state index contributed by atoms with van der Waals surface area (Å²) in [7, 11) is 0. The predicted molar refractivity (Wildman–Crippen MR) is 102 cm³/mol. The van der Waals surface area contributed by atoms with E-state index in [2.05, 4.69) is 10.6 Å². The van der Waals surface area contributed by atoms with Crippen LogP contribution in [0.1, 0.15) is 73.7 Å². The van der Waals surface area contributed by atoms with Gasteiger partial charge in [-0.25, -0.2) is 9.59 Å². The van der Waals surface area contributed by atoms with E-state index in [4.69, 9.17) is 9.47 Å². The molecule has 26 heavy (non-hydrogen) atoms. The first-order valence-corrected chi connectivity index (χ1v) is 10.2. The maximum Gasteiger partial charge on any atom is 0.341 e. The smallest absolute Gasteiger partial charge is 0.341 e. The molecule has 7 heteroatoms. The van der Waals surface area contributed by atoms with Crippen molar-refractivity contribution >= 4 is 28.3 Å². The molecule has 2 heterocycles. The summed E-state index contributed by atoms with van der Waals surface area (Å²) in [5.74, 6) is -0.379. The minimum atomic E-state index is -0.379. The highest BCUT2D eigenvalue weighted by atomic mass is 32.1. The summed E-state index contributed by atoms with van der Waals surface area (Å²) in [5.41, 5.74) is 1.09. The molecule has 1 fully saturated rings. The van der Waals surface area contributed by atoms with E-state index in [1.54, 1.807) is 6.92 Å². The number of amides is 2. The third-order valence-corrected chi connectivity index (χ3v) is 6.06. The Morgan fingerprint density at radius 3 is 2.69 bits per heavy atom. The second kappa shape index (κ2) is 7.96. The van der Waals surface area contributed by atoms with Gasteiger partial charge in [0.2, 0.25) is 0 Å². The molecule has 0 radical (unpaired) electrons. The summed E-state index contributed by atoms with van der Waals surface area (Å²) in [6.07, 6.45) is 6.19. The van der Waals surface area contributed by atoms with Crippen LogP contribution in [0, 0.1) is 0 Å². The molecule has 3 rings (SSSR count). The zero-order valence-electron chi connectivity index (χ0n) is 15.8. The van der Waals surface area contributed by atoms with Crippen molar-refractivity contribution in [1.82, 2.24) is 5.32 Å². The van der Waals surface area contributed by atoms with Crippen molar-refractivity contribution < 1.29 is 19.1 Å². The number of hydrogen-bond donors (Lipinski definition) is 2. The first kappa shape index (κ1) is 19.2. The lowest BCUT2D eigenvalue weighted by atomic mass is 9.93. The predicted octanol–water partition coefficient (Wildman–Crippen LogP) is 4.23. The largest absolute Gasteiger partial charge is 0.462 e. The zero-order chi connectivity index (χ0) is 18.7. The molecule has 2 amide bonds. The quantitative estimate of drug-likeness (QED) is 0.767. The van der Waals surface area contributed by atoms with Gasteiger partial charge in [0.1, 0.15) is 5.00 Å². The average Bonchev–Trinajstić information content (AvgIpc) is 2.91. The van der Waals surface area contributed by atoms with Gasteiger partial charge < -0.3 is 14.8 Å². The standard InChI is InChI=1S/C19H28N2O4S/c1-4-24-17(22)15-13-10-19(2,3)25-11-14(13)26-16(15)21-18(23)20-12-8-6-5-7-9-12/h12H,4-11H2,1-3H3,(H2,20,21,23). The Kier molecular flexibility index (Phi) is 5.87. The molecular formula is C19H28N2O4S. The Labute approximate surface area is 158 Å².